The van der Waals surface area contributed by atoms with Gasteiger partial charge in [-0.3, -0.25) is 9.10 Å². The Morgan fingerprint density at radius 3 is 2.29 bits per heavy atom. The normalized spacial score (nSPS) is 10.9. The van der Waals surface area contributed by atoms with Crippen molar-refractivity contribution in [1.29, 1.82) is 0 Å². The van der Waals surface area contributed by atoms with E-state index in [1.54, 1.807) is 54.6 Å². The highest BCUT2D eigenvalue weighted by Crippen LogP contribution is 2.35. The number of nitrogens with one attached hydrogen (secondary N) is 1. The average molecular weight is 485 g/mol. The number of rotatable bonds is 10. The third-order valence-corrected chi connectivity index (χ3v) is 6.79. The van der Waals surface area contributed by atoms with Gasteiger partial charge in [0.05, 0.1) is 37.1 Å². The number of methoxy groups -OCH3 is 2. The summed E-state index contributed by atoms with van der Waals surface area (Å²) in [4.78, 5) is 13.1. The maximum Gasteiger partial charge on any atom is 0.264 e. The van der Waals surface area contributed by atoms with Gasteiger partial charge in [-0.2, -0.15) is 0 Å². The SMILES string of the molecule is CCOc1ccccc1NC(=O)CN(c1ccc(OC)cc1OC)S(=O)(=O)c1ccc(C)cc1. The molecule has 1 amide bonds. The second kappa shape index (κ2) is 10.9. The van der Waals surface area contributed by atoms with E-state index >= 15 is 0 Å². The van der Waals surface area contributed by atoms with Crippen LogP contribution in [0.2, 0.25) is 0 Å². The highest BCUT2D eigenvalue weighted by Gasteiger charge is 2.30. The minimum Gasteiger partial charge on any atom is -0.497 e. The van der Waals surface area contributed by atoms with Crippen LogP contribution in [-0.4, -0.2) is 41.7 Å². The van der Waals surface area contributed by atoms with Crippen molar-refractivity contribution in [1.82, 2.24) is 0 Å². The van der Waals surface area contributed by atoms with E-state index in [4.69, 9.17) is 14.2 Å². The topological polar surface area (TPSA) is 94.2 Å². The van der Waals surface area contributed by atoms with E-state index in [1.807, 2.05) is 13.8 Å². The van der Waals surface area contributed by atoms with E-state index in [0.717, 1.165) is 9.87 Å². The Balaban J connectivity index is 2.02. The minimum atomic E-state index is -4.11. The Hall–Kier alpha value is -3.72. The molecule has 0 aliphatic heterocycles. The van der Waals surface area contributed by atoms with Gasteiger partial charge in [-0.15, -0.1) is 0 Å². The molecule has 0 aromatic heterocycles. The number of benzene rings is 3. The number of amides is 1. The first kappa shape index (κ1) is 24.9. The molecule has 0 atom stereocenters. The number of carbonyl (C=O) groups is 1. The molecule has 0 aliphatic rings. The number of sulfonamides is 1. The molecule has 0 aliphatic carbocycles. The van der Waals surface area contributed by atoms with Crippen LogP contribution in [0, 0.1) is 6.92 Å². The van der Waals surface area contributed by atoms with Crippen molar-refractivity contribution in [2.45, 2.75) is 18.7 Å². The van der Waals surface area contributed by atoms with Crippen molar-refractivity contribution >= 4 is 27.3 Å². The molecular formula is C25H28N2O6S. The first-order valence-electron chi connectivity index (χ1n) is 10.6. The summed E-state index contributed by atoms with van der Waals surface area (Å²) in [5.41, 5.74) is 1.57. The predicted octanol–water partition coefficient (Wildman–Crippen LogP) is 4.24. The Morgan fingerprint density at radius 1 is 0.941 bits per heavy atom. The van der Waals surface area contributed by atoms with Gasteiger partial charge < -0.3 is 19.5 Å². The predicted molar refractivity (Wildman–Crippen MR) is 131 cm³/mol. The van der Waals surface area contributed by atoms with Crippen LogP contribution >= 0.6 is 0 Å². The molecule has 0 fully saturated rings. The van der Waals surface area contributed by atoms with Crippen LogP contribution in [0.4, 0.5) is 11.4 Å². The first-order chi connectivity index (χ1) is 16.3. The van der Waals surface area contributed by atoms with Gasteiger partial charge in [-0.1, -0.05) is 29.8 Å². The zero-order chi connectivity index (χ0) is 24.7. The molecule has 3 aromatic rings. The molecule has 9 heteroatoms. The highest BCUT2D eigenvalue weighted by molar-refractivity contribution is 7.92. The fourth-order valence-corrected chi connectivity index (χ4v) is 4.73. The fourth-order valence-electron chi connectivity index (χ4n) is 3.30. The molecule has 0 heterocycles. The summed E-state index contributed by atoms with van der Waals surface area (Å²) in [6.07, 6.45) is 0. The monoisotopic (exact) mass is 484 g/mol. The van der Waals surface area contributed by atoms with Gasteiger partial charge in [0.1, 0.15) is 23.8 Å². The molecule has 3 rings (SSSR count). The van der Waals surface area contributed by atoms with Crippen LogP contribution in [0.3, 0.4) is 0 Å². The molecule has 1 N–H and O–H groups in total. The Bertz CT molecular complexity index is 1240. The maximum absolute atomic E-state index is 13.7. The van der Waals surface area contributed by atoms with Crippen LogP contribution in [-0.2, 0) is 14.8 Å². The quantitative estimate of drug-likeness (QED) is 0.463. The van der Waals surface area contributed by atoms with E-state index in [1.165, 1.54) is 26.4 Å². The van der Waals surface area contributed by atoms with E-state index in [2.05, 4.69) is 5.32 Å². The van der Waals surface area contributed by atoms with E-state index in [9.17, 15) is 13.2 Å². The van der Waals surface area contributed by atoms with Crippen molar-refractivity contribution in [2.75, 3.05) is 37.0 Å². The molecule has 0 saturated heterocycles. The van der Waals surface area contributed by atoms with Crippen LogP contribution in [0.5, 0.6) is 17.2 Å². The number of carbonyl (C=O) groups excluding carboxylic acids is 1. The van der Waals surface area contributed by atoms with Gasteiger partial charge in [-0.05, 0) is 50.2 Å². The van der Waals surface area contributed by atoms with Crippen molar-refractivity contribution in [2.24, 2.45) is 0 Å². The first-order valence-corrected chi connectivity index (χ1v) is 12.1. The summed E-state index contributed by atoms with van der Waals surface area (Å²) >= 11 is 0. The summed E-state index contributed by atoms with van der Waals surface area (Å²) in [6.45, 7) is 3.64. The largest absolute Gasteiger partial charge is 0.497 e. The summed E-state index contributed by atoms with van der Waals surface area (Å²) in [6, 6.07) is 18.1. The number of hydrogen-bond acceptors (Lipinski definition) is 6. The van der Waals surface area contributed by atoms with Crippen molar-refractivity contribution < 1.29 is 27.4 Å². The number of para-hydroxylation sites is 2. The van der Waals surface area contributed by atoms with Crippen molar-refractivity contribution in [3.63, 3.8) is 0 Å². The van der Waals surface area contributed by atoms with Gasteiger partial charge in [0.2, 0.25) is 5.91 Å². The minimum absolute atomic E-state index is 0.0542. The molecule has 0 saturated carbocycles. The highest BCUT2D eigenvalue weighted by atomic mass is 32.2. The van der Waals surface area contributed by atoms with Crippen molar-refractivity contribution in [3.8, 4) is 17.2 Å². The second-order valence-electron chi connectivity index (χ2n) is 7.34. The van der Waals surface area contributed by atoms with Crippen LogP contribution in [0.25, 0.3) is 0 Å². The Morgan fingerprint density at radius 2 is 1.65 bits per heavy atom. The molecule has 3 aromatic carbocycles. The van der Waals surface area contributed by atoms with Crippen LogP contribution in [0.15, 0.2) is 71.6 Å². The fraction of sp³-hybridized carbons (Fsp3) is 0.240. The lowest BCUT2D eigenvalue weighted by Gasteiger charge is -2.26. The molecular weight excluding hydrogens is 456 g/mol. The van der Waals surface area contributed by atoms with E-state index in [-0.39, 0.29) is 16.3 Å². The van der Waals surface area contributed by atoms with Crippen LogP contribution in [0.1, 0.15) is 12.5 Å². The molecule has 0 bridgehead atoms. The maximum atomic E-state index is 13.7. The lowest BCUT2D eigenvalue weighted by atomic mass is 10.2. The number of nitrogens with zero attached hydrogens (tertiary/aromatic N) is 1. The van der Waals surface area contributed by atoms with Gasteiger partial charge in [0.25, 0.3) is 10.0 Å². The Kier molecular flexibility index (Phi) is 8.01. The third-order valence-electron chi connectivity index (χ3n) is 5.01. The van der Waals surface area contributed by atoms with Gasteiger partial charge in [0, 0.05) is 6.07 Å². The molecule has 34 heavy (non-hydrogen) atoms. The molecule has 0 radical (unpaired) electrons. The number of anilines is 2. The van der Waals surface area contributed by atoms with E-state index < -0.39 is 22.5 Å². The molecule has 0 spiro atoms. The van der Waals surface area contributed by atoms with E-state index in [0.29, 0.717) is 23.8 Å². The second-order valence-corrected chi connectivity index (χ2v) is 9.20. The number of hydrogen-bond donors (Lipinski definition) is 1. The number of ether oxygens (including phenoxy) is 3. The standard InChI is InChI=1S/C25H28N2O6S/c1-5-33-23-9-7-6-8-21(23)26-25(28)17-27(22-15-12-19(31-3)16-24(22)32-4)34(29,30)20-13-10-18(2)11-14-20/h6-16H,5,17H2,1-4H3,(H,26,28). The Labute approximate surface area is 200 Å². The average Bonchev–Trinajstić information content (AvgIpc) is 2.83. The van der Waals surface area contributed by atoms with Crippen LogP contribution < -0.4 is 23.8 Å². The lowest BCUT2D eigenvalue weighted by Crippen LogP contribution is -2.38. The molecule has 8 nitrogen and oxygen atoms in total. The van der Waals surface area contributed by atoms with Gasteiger partial charge in [0.15, 0.2) is 0 Å². The summed E-state index contributed by atoms with van der Waals surface area (Å²) < 4.78 is 44.6. The summed E-state index contributed by atoms with van der Waals surface area (Å²) in [5, 5.41) is 2.75. The zero-order valence-electron chi connectivity index (χ0n) is 19.6. The van der Waals surface area contributed by atoms with Gasteiger partial charge >= 0.3 is 0 Å². The number of aryl methyl sites for hydroxylation is 1. The van der Waals surface area contributed by atoms with Crippen molar-refractivity contribution in [3.05, 3.63) is 72.3 Å². The van der Waals surface area contributed by atoms with Gasteiger partial charge in [-0.25, -0.2) is 8.42 Å². The zero-order valence-corrected chi connectivity index (χ0v) is 20.4. The third kappa shape index (κ3) is 5.60. The summed E-state index contributed by atoms with van der Waals surface area (Å²) in [5.74, 6) is 0.690. The molecule has 0 unspecified atom stereocenters. The smallest absolute Gasteiger partial charge is 0.264 e. The molecule has 180 valence electrons. The lowest BCUT2D eigenvalue weighted by molar-refractivity contribution is -0.114. The summed E-state index contributed by atoms with van der Waals surface area (Å²) in [7, 11) is -1.19.